The fraction of sp³-hybridized carbons (Fsp3) is 0.333. The van der Waals surface area contributed by atoms with E-state index in [0.29, 0.717) is 24.7 Å². The van der Waals surface area contributed by atoms with E-state index in [2.05, 4.69) is 31.9 Å². The molecule has 4 aromatic heterocycles. The lowest BCUT2D eigenvalue weighted by Crippen LogP contribution is -2.27. The van der Waals surface area contributed by atoms with Crippen LogP contribution in [0.1, 0.15) is 18.2 Å². The highest BCUT2D eigenvalue weighted by atomic mass is 19.1. The third-order valence-electron chi connectivity index (χ3n) is 6.18. The number of allylic oxidation sites excluding steroid dienone is 1. The maximum absolute atomic E-state index is 13.3. The van der Waals surface area contributed by atoms with Gasteiger partial charge in [0.05, 0.1) is 12.2 Å². The summed E-state index contributed by atoms with van der Waals surface area (Å²) in [6.07, 6.45) is 8.84. The summed E-state index contributed by atoms with van der Waals surface area (Å²) >= 11 is 0. The predicted molar refractivity (Wildman–Crippen MR) is 149 cm³/mol. The van der Waals surface area contributed by atoms with E-state index in [0.717, 1.165) is 51.9 Å². The highest BCUT2D eigenvalue weighted by Crippen LogP contribution is 2.30. The van der Waals surface area contributed by atoms with E-state index in [1.807, 2.05) is 54.0 Å². The van der Waals surface area contributed by atoms with Gasteiger partial charge in [-0.25, -0.2) is 9.37 Å². The van der Waals surface area contributed by atoms with Gasteiger partial charge < -0.3 is 15.0 Å². The average Bonchev–Trinajstić information content (AvgIpc) is 3.23. The number of likely N-dealkylation sites (N-methyl/N-ethyl adjacent to an activating group) is 1. The fourth-order valence-electron chi connectivity index (χ4n) is 4.34. The number of anilines is 3. The van der Waals surface area contributed by atoms with E-state index in [4.69, 9.17) is 7.98 Å². The molecule has 0 saturated heterocycles. The number of pyridine rings is 3. The first-order valence-electron chi connectivity index (χ1n) is 12.2. The molecule has 0 amide bonds. The van der Waals surface area contributed by atoms with Gasteiger partial charge in [0.2, 0.25) is 7.98 Å². The van der Waals surface area contributed by atoms with Gasteiger partial charge in [0.1, 0.15) is 12.0 Å². The van der Waals surface area contributed by atoms with E-state index in [1.165, 1.54) is 0 Å². The zero-order valence-electron chi connectivity index (χ0n) is 21.8. The summed E-state index contributed by atoms with van der Waals surface area (Å²) in [6.45, 7) is 9.15. The predicted octanol–water partition coefficient (Wildman–Crippen LogP) is 4.48. The number of hydrogen-bond acceptors (Lipinski definition) is 7. The van der Waals surface area contributed by atoms with Gasteiger partial charge in [0.25, 0.3) is 0 Å². The van der Waals surface area contributed by atoms with Crippen LogP contribution < -0.4 is 10.1 Å². The molecule has 1 atom stereocenters. The van der Waals surface area contributed by atoms with Crippen molar-refractivity contribution >= 4 is 36.1 Å². The van der Waals surface area contributed by atoms with Gasteiger partial charge in [-0.15, -0.1) is 6.58 Å². The highest BCUT2D eigenvalue weighted by Gasteiger charge is 2.13. The van der Waals surface area contributed by atoms with Crippen LogP contribution in [0.3, 0.4) is 0 Å². The van der Waals surface area contributed by atoms with Crippen LogP contribution in [0.2, 0.25) is 0 Å². The second-order valence-electron chi connectivity index (χ2n) is 9.34. The van der Waals surface area contributed by atoms with Crippen LogP contribution in [-0.2, 0) is 13.0 Å². The van der Waals surface area contributed by atoms with E-state index in [1.54, 1.807) is 37.4 Å². The maximum Gasteiger partial charge on any atom is 0.226 e. The average molecular weight is 498 g/mol. The summed E-state index contributed by atoms with van der Waals surface area (Å²) in [7, 11) is 9.67. The third kappa shape index (κ3) is 6.32. The lowest BCUT2D eigenvalue weighted by Gasteiger charge is -2.17. The summed E-state index contributed by atoms with van der Waals surface area (Å²) in [5.74, 6) is 1.37. The molecule has 0 spiro atoms. The zero-order chi connectivity index (χ0) is 26.5. The summed E-state index contributed by atoms with van der Waals surface area (Å²) in [5.41, 5.74) is 4.62. The number of nitrogens with zero attached hydrogens (tertiary/aromatic N) is 7. The SMILES string of the molecule is [B]N(C)c1cncc(-c2cc3cc(Nc4cc(CCN(C)CC(C)F)n(CC=C)n4)ncc3cn2)c1C. The standard InChI is InChI=1S/C27H32BFN8/c1-6-8-37-22(7-9-35(4)17-18(2)29)12-27(34-37)33-26-11-20-10-24(31-13-21(20)14-32-26)23-15-30-16-25(19(23)3)36(5)28/h6,10-16,18H,1,7-9,17H2,2-5H3,(H,32,33,34). The van der Waals surface area contributed by atoms with Gasteiger partial charge >= 0.3 is 0 Å². The van der Waals surface area contributed by atoms with Gasteiger partial charge in [-0.05, 0) is 51.0 Å². The van der Waals surface area contributed by atoms with Crippen LogP contribution in [0, 0.1) is 6.92 Å². The number of alkyl halides is 1. The minimum atomic E-state index is -0.860. The summed E-state index contributed by atoms with van der Waals surface area (Å²) in [4.78, 5) is 17.0. The lowest BCUT2D eigenvalue weighted by molar-refractivity contribution is 0.235. The lowest BCUT2D eigenvalue weighted by atomic mass is 10.0. The zero-order valence-corrected chi connectivity index (χ0v) is 21.8. The molecule has 1 unspecified atom stereocenters. The largest absolute Gasteiger partial charge is 0.426 e. The fourth-order valence-corrected chi connectivity index (χ4v) is 4.34. The third-order valence-corrected chi connectivity index (χ3v) is 6.18. The molecule has 0 aliphatic heterocycles. The Kier molecular flexibility index (Phi) is 8.18. The molecule has 0 aliphatic rings. The molecular weight excluding hydrogens is 466 g/mol. The molecule has 0 aliphatic carbocycles. The van der Waals surface area contributed by atoms with Crippen LogP contribution in [0.15, 0.2) is 55.6 Å². The van der Waals surface area contributed by atoms with E-state index in [-0.39, 0.29) is 0 Å². The molecule has 0 fully saturated rings. The molecule has 0 saturated carbocycles. The second-order valence-corrected chi connectivity index (χ2v) is 9.34. The Balaban J connectivity index is 1.58. The normalized spacial score (nSPS) is 12.2. The molecule has 4 heterocycles. The molecular formula is C27H32BFN8. The molecule has 4 aromatic rings. The Morgan fingerprint density at radius 3 is 2.62 bits per heavy atom. The van der Waals surface area contributed by atoms with Crippen LogP contribution in [0.25, 0.3) is 22.0 Å². The van der Waals surface area contributed by atoms with Gasteiger partial charge in [0.15, 0.2) is 5.82 Å². The van der Waals surface area contributed by atoms with Gasteiger partial charge in [-0.3, -0.25) is 14.6 Å². The van der Waals surface area contributed by atoms with Crippen molar-refractivity contribution in [1.82, 2.24) is 29.6 Å². The number of nitrogens with one attached hydrogen (secondary N) is 1. The Morgan fingerprint density at radius 1 is 1.11 bits per heavy atom. The van der Waals surface area contributed by atoms with Crippen molar-refractivity contribution in [2.24, 2.45) is 0 Å². The maximum atomic E-state index is 13.3. The first kappa shape index (κ1) is 26.3. The van der Waals surface area contributed by atoms with E-state index < -0.39 is 6.17 Å². The van der Waals surface area contributed by atoms with E-state index >= 15 is 0 Å². The number of hydrogen-bond donors (Lipinski definition) is 1. The molecule has 190 valence electrons. The number of aromatic nitrogens is 5. The summed E-state index contributed by atoms with van der Waals surface area (Å²) in [5, 5.41) is 9.92. The monoisotopic (exact) mass is 498 g/mol. The van der Waals surface area contributed by atoms with Crippen molar-refractivity contribution in [1.29, 1.82) is 0 Å². The molecule has 8 nitrogen and oxygen atoms in total. The van der Waals surface area contributed by atoms with Crippen LogP contribution in [0.5, 0.6) is 0 Å². The summed E-state index contributed by atoms with van der Waals surface area (Å²) < 4.78 is 15.2. The van der Waals surface area contributed by atoms with E-state index in [9.17, 15) is 4.39 Å². The first-order valence-corrected chi connectivity index (χ1v) is 12.2. The summed E-state index contributed by atoms with van der Waals surface area (Å²) in [6, 6.07) is 6.00. The Morgan fingerprint density at radius 2 is 1.89 bits per heavy atom. The number of rotatable bonds is 11. The van der Waals surface area contributed by atoms with Crippen molar-refractivity contribution < 1.29 is 4.39 Å². The Labute approximate surface area is 218 Å². The van der Waals surface area contributed by atoms with Crippen molar-refractivity contribution in [2.75, 3.05) is 37.3 Å². The van der Waals surface area contributed by atoms with Gasteiger partial charge in [-0.1, -0.05) is 6.08 Å². The van der Waals surface area contributed by atoms with Gasteiger partial charge in [0, 0.05) is 72.7 Å². The topological polar surface area (TPSA) is 75.0 Å². The van der Waals surface area contributed by atoms with Crippen LogP contribution in [-0.4, -0.2) is 71.0 Å². The second kappa shape index (κ2) is 11.5. The Hall–Kier alpha value is -3.79. The Bertz CT molecular complexity index is 1380. The number of fused-ring (bicyclic) bond motifs is 1. The van der Waals surface area contributed by atoms with Crippen molar-refractivity contribution in [2.45, 2.75) is 33.0 Å². The number of halogens is 1. The van der Waals surface area contributed by atoms with Crippen molar-refractivity contribution in [3.8, 4) is 11.3 Å². The quantitative estimate of drug-likeness (QED) is 0.242. The molecule has 1 N–H and O–H groups in total. The first-order chi connectivity index (χ1) is 17.7. The minimum Gasteiger partial charge on any atom is -0.426 e. The molecule has 0 bridgehead atoms. The molecule has 2 radical (unpaired) electrons. The molecule has 10 heteroatoms. The van der Waals surface area contributed by atoms with Crippen molar-refractivity contribution in [3.05, 3.63) is 66.9 Å². The molecule has 4 rings (SSSR count). The van der Waals surface area contributed by atoms with Gasteiger partial charge in [-0.2, -0.15) is 5.10 Å². The van der Waals surface area contributed by atoms with Crippen LogP contribution >= 0.6 is 0 Å². The minimum absolute atomic E-state index is 0.404. The van der Waals surface area contributed by atoms with Crippen molar-refractivity contribution in [3.63, 3.8) is 0 Å². The highest BCUT2D eigenvalue weighted by molar-refractivity contribution is 6.17. The smallest absolute Gasteiger partial charge is 0.226 e. The molecule has 0 aromatic carbocycles. The van der Waals surface area contributed by atoms with Crippen LogP contribution in [0.4, 0.5) is 21.7 Å². The molecule has 37 heavy (non-hydrogen) atoms.